The molecule has 1 saturated heterocycles. The second kappa shape index (κ2) is 4.20. The molecule has 5 N–H and O–H groups in total. The van der Waals surface area contributed by atoms with Crippen LogP contribution in [0.4, 0.5) is 0 Å². The third kappa shape index (κ3) is 1.86. The quantitative estimate of drug-likeness (QED) is 0.325. The Labute approximate surface area is 79.2 Å². The van der Waals surface area contributed by atoms with Crippen molar-refractivity contribution >= 4 is 5.97 Å². The molecule has 0 spiro atoms. The maximum absolute atomic E-state index is 10.5. The minimum absolute atomic E-state index is 0.630. The van der Waals surface area contributed by atoms with Gasteiger partial charge < -0.3 is 30.3 Å². The maximum Gasteiger partial charge on any atom is 0.335 e. The van der Waals surface area contributed by atoms with E-state index in [0.29, 0.717) is 0 Å². The molecule has 0 amide bonds. The predicted molar refractivity (Wildman–Crippen MR) is 41.4 cm³/mol. The molecule has 1 fully saturated rings. The van der Waals surface area contributed by atoms with E-state index < -0.39 is 43.1 Å². The Bertz CT molecular complexity index is 216. The van der Waals surface area contributed by atoms with Gasteiger partial charge in [-0.1, -0.05) is 0 Å². The number of aliphatic carboxylic acids is 1. The molecule has 14 heavy (non-hydrogen) atoms. The van der Waals surface area contributed by atoms with E-state index in [0.717, 1.165) is 0 Å². The van der Waals surface area contributed by atoms with E-state index in [9.17, 15) is 20.1 Å². The summed E-state index contributed by atoms with van der Waals surface area (Å²) >= 11 is 0. The summed E-state index contributed by atoms with van der Waals surface area (Å²) in [7, 11) is 0. The summed E-state index contributed by atoms with van der Waals surface area (Å²) in [5.41, 5.74) is 0. The number of ether oxygens (including phenoxy) is 1. The third-order valence-corrected chi connectivity index (χ3v) is 2.14. The van der Waals surface area contributed by atoms with E-state index in [4.69, 9.17) is 10.2 Å². The average Bonchev–Trinajstić information content (AvgIpc) is 2.14. The van der Waals surface area contributed by atoms with Gasteiger partial charge in [0.05, 0.1) is 6.61 Å². The number of carboxylic acids is 1. The lowest BCUT2D eigenvalue weighted by molar-refractivity contribution is -0.233. The highest BCUT2D eigenvalue weighted by Gasteiger charge is 2.46. The van der Waals surface area contributed by atoms with Crippen molar-refractivity contribution in [2.24, 2.45) is 0 Å². The van der Waals surface area contributed by atoms with Crippen LogP contribution in [0.25, 0.3) is 0 Å². The summed E-state index contributed by atoms with van der Waals surface area (Å²) in [4.78, 5) is 10.5. The van der Waals surface area contributed by atoms with E-state index in [-0.39, 0.29) is 0 Å². The first-order valence-corrected chi connectivity index (χ1v) is 4.02. The van der Waals surface area contributed by atoms with Crippen LogP contribution in [0.1, 0.15) is 0 Å². The summed E-state index contributed by atoms with van der Waals surface area (Å²) < 4.78 is 4.68. The van der Waals surface area contributed by atoms with Crippen molar-refractivity contribution in [3.63, 3.8) is 0 Å². The van der Waals surface area contributed by atoms with Gasteiger partial charge in [-0.3, -0.25) is 0 Å². The van der Waals surface area contributed by atoms with Gasteiger partial charge in [-0.15, -0.1) is 0 Å². The zero-order valence-electron chi connectivity index (χ0n) is 7.15. The largest absolute Gasteiger partial charge is 0.479 e. The standard InChI is InChI=1S/C7H12O7/c8-1-2-3(9)4(10)5(11)6(14-2)7(12)13/h2-6,8-11H,1H2,(H,12,13)/t2-,3+,4+,5-,6?/m1/s1. The van der Waals surface area contributed by atoms with Gasteiger partial charge >= 0.3 is 5.97 Å². The number of rotatable bonds is 2. The van der Waals surface area contributed by atoms with Gasteiger partial charge in [0.2, 0.25) is 0 Å². The number of aliphatic hydroxyl groups excluding tert-OH is 4. The zero-order valence-corrected chi connectivity index (χ0v) is 7.15. The van der Waals surface area contributed by atoms with Crippen LogP contribution in [0.5, 0.6) is 0 Å². The van der Waals surface area contributed by atoms with E-state index >= 15 is 0 Å². The second-order valence-corrected chi connectivity index (χ2v) is 3.09. The molecule has 0 aromatic rings. The molecule has 1 aliphatic heterocycles. The van der Waals surface area contributed by atoms with Crippen LogP contribution in [0, 0.1) is 0 Å². The highest BCUT2D eigenvalue weighted by Crippen LogP contribution is 2.20. The molecule has 1 aliphatic rings. The molecule has 0 saturated carbocycles. The van der Waals surface area contributed by atoms with Gasteiger partial charge in [0.15, 0.2) is 6.10 Å². The van der Waals surface area contributed by atoms with Gasteiger partial charge in [0.1, 0.15) is 24.4 Å². The Balaban J connectivity index is 2.78. The number of hydrogen-bond acceptors (Lipinski definition) is 6. The smallest absolute Gasteiger partial charge is 0.335 e. The molecule has 1 heterocycles. The van der Waals surface area contributed by atoms with E-state index in [1.807, 2.05) is 0 Å². The zero-order chi connectivity index (χ0) is 10.9. The van der Waals surface area contributed by atoms with Crippen LogP contribution < -0.4 is 0 Å². The minimum atomic E-state index is -1.70. The molecule has 7 nitrogen and oxygen atoms in total. The van der Waals surface area contributed by atoms with Crippen molar-refractivity contribution in [1.82, 2.24) is 0 Å². The lowest BCUT2D eigenvalue weighted by Crippen LogP contribution is -2.60. The van der Waals surface area contributed by atoms with Crippen molar-refractivity contribution in [2.75, 3.05) is 6.61 Å². The predicted octanol–water partition coefficient (Wildman–Crippen LogP) is -3.09. The van der Waals surface area contributed by atoms with Crippen molar-refractivity contribution in [3.8, 4) is 0 Å². The Hall–Kier alpha value is -0.730. The van der Waals surface area contributed by atoms with Crippen LogP contribution in [-0.2, 0) is 9.53 Å². The summed E-state index contributed by atoms with van der Waals surface area (Å²) in [5.74, 6) is -1.46. The number of hydrogen-bond donors (Lipinski definition) is 5. The minimum Gasteiger partial charge on any atom is -0.479 e. The summed E-state index contributed by atoms with van der Waals surface area (Å²) in [6.45, 7) is -0.630. The molecule has 0 radical (unpaired) electrons. The van der Waals surface area contributed by atoms with E-state index in [2.05, 4.69) is 4.74 Å². The van der Waals surface area contributed by atoms with Gasteiger partial charge in [0, 0.05) is 0 Å². The molecule has 0 aromatic carbocycles. The fourth-order valence-corrected chi connectivity index (χ4v) is 1.31. The molecule has 0 aromatic heterocycles. The first-order valence-electron chi connectivity index (χ1n) is 4.02. The van der Waals surface area contributed by atoms with Crippen molar-refractivity contribution in [1.29, 1.82) is 0 Å². The monoisotopic (exact) mass is 208 g/mol. The topological polar surface area (TPSA) is 127 Å². The highest BCUT2D eigenvalue weighted by molar-refractivity contribution is 5.73. The summed E-state index contributed by atoms with van der Waals surface area (Å²) in [5, 5.41) is 44.9. The lowest BCUT2D eigenvalue weighted by Gasteiger charge is -2.38. The first kappa shape index (κ1) is 11.3. The molecule has 82 valence electrons. The molecule has 1 rings (SSSR count). The van der Waals surface area contributed by atoms with Crippen LogP contribution in [0.3, 0.4) is 0 Å². The molecule has 0 aliphatic carbocycles. The van der Waals surface area contributed by atoms with Gasteiger partial charge in [-0.05, 0) is 0 Å². The molecule has 7 heteroatoms. The second-order valence-electron chi connectivity index (χ2n) is 3.09. The van der Waals surface area contributed by atoms with Crippen LogP contribution in [-0.4, -0.2) is 68.6 Å². The summed E-state index contributed by atoms with van der Waals surface area (Å²) in [6.07, 6.45) is -7.67. The average molecular weight is 208 g/mol. The maximum atomic E-state index is 10.5. The van der Waals surface area contributed by atoms with Crippen LogP contribution in [0.2, 0.25) is 0 Å². The summed E-state index contributed by atoms with van der Waals surface area (Å²) in [6, 6.07) is 0. The van der Waals surface area contributed by atoms with Crippen molar-refractivity contribution in [2.45, 2.75) is 30.5 Å². The molecular weight excluding hydrogens is 196 g/mol. The molecular formula is C7H12O7. The first-order chi connectivity index (χ1) is 6.49. The van der Waals surface area contributed by atoms with Gasteiger partial charge in [0.25, 0.3) is 0 Å². The van der Waals surface area contributed by atoms with E-state index in [1.165, 1.54) is 0 Å². The Morgan fingerprint density at radius 3 is 2.14 bits per heavy atom. The highest BCUT2D eigenvalue weighted by atomic mass is 16.6. The van der Waals surface area contributed by atoms with Crippen LogP contribution in [0.15, 0.2) is 0 Å². The Kier molecular flexibility index (Phi) is 3.40. The third-order valence-electron chi connectivity index (χ3n) is 2.14. The number of carboxylic acid groups (broad SMARTS) is 1. The molecule has 0 bridgehead atoms. The van der Waals surface area contributed by atoms with E-state index in [1.54, 1.807) is 0 Å². The van der Waals surface area contributed by atoms with Crippen LogP contribution >= 0.6 is 0 Å². The Morgan fingerprint density at radius 2 is 1.71 bits per heavy atom. The Morgan fingerprint density at radius 1 is 1.14 bits per heavy atom. The van der Waals surface area contributed by atoms with Crippen molar-refractivity contribution in [3.05, 3.63) is 0 Å². The lowest BCUT2D eigenvalue weighted by atomic mass is 9.95. The fraction of sp³-hybridized carbons (Fsp3) is 0.857. The number of aliphatic hydroxyl groups is 4. The van der Waals surface area contributed by atoms with Crippen molar-refractivity contribution < 1.29 is 35.1 Å². The normalized spacial score (nSPS) is 43.6. The molecule has 1 unspecified atom stereocenters. The number of carbonyl (C=O) groups is 1. The molecule has 5 atom stereocenters. The fourth-order valence-electron chi connectivity index (χ4n) is 1.31. The SMILES string of the molecule is O=C(O)C1O[C@H](CO)[C@H](O)[C@H](O)[C@H]1O. The van der Waals surface area contributed by atoms with Gasteiger partial charge in [-0.2, -0.15) is 0 Å². The van der Waals surface area contributed by atoms with Gasteiger partial charge in [-0.25, -0.2) is 4.79 Å².